The Bertz CT molecular complexity index is 497. The van der Waals surface area contributed by atoms with Crippen LogP contribution in [0.1, 0.15) is 50.3 Å². The standard InChI is InChI=1S/C16H27NO2S/c1-4-11-17-16(10-7-12-20(18,19)5-2)15-9-6-8-14(3)13-15/h6,8-9,13,16-17H,4-5,7,10-12H2,1-3H3. The largest absolute Gasteiger partial charge is 0.310 e. The summed E-state index contributed by atoms with van der Waals surface area (Å²) in [7, 11) is -2.85. The molecule has 1 rings (SSSR count). The maximum atomic E-state index is 11.6. The van der Waals surface area contributed by atoms with Crippen molar-refractivity contribution in [3.8, 4) is 0 Å². The molecule has 0 saturated heterocycles. The Morgan fingerprint density at radius 2 is 2.00 bits per heavy atom. The van der Waals surface area contributed by atoms with E-state index in [2.05, 4.69) is 43.4 Å². The van der Waals surface area contributed by atoms with Gasteiger partial charge in [-0.05, 0) is 38.3 Å². The van der Waals surface area contributed by atoms with Crippen LogP contribution in [0.15, 0.2) is 24.3 Å². The van der Waals surface area contributed by atoms with Crippen molar-refractivity contribution in [3.05, 3.63) is 35.4 Å². The Morgan fingerprint density at radius 1 is 1.25 bits per heavy atom. The molecule has 0 aromatic heterocycles. The third kappa shape index (κ3) is 6.06. The molecule has 1 atom stereocenters. The number of sulfone groups is 1. The number of nitrogens with one attached hydrogen (secondary N) is 1. The lowest BCUT2D eigenvalue weighted by Gasteiger charge is -2.19. The molecular formula is C16H27NO2S. The van der Waals surface area contributed by atoms with Crippen molar-refractivity contribution in [3.63, 3.8) is 0 Å². The van der Waals surface area contributed by atoms with Gasteiger partial charge < -0.3 is 5.32 Å². The summed E-state index contributed by atoms with van der Waals surface area (Å²) in [5.41, 5.74) is 2.50. The smallest absolute Gasteiger partial charge is 0.150 e. The maximum Gasteiger partial charge on any atom is 0.150 e. The Hall–Kier alpha value is -0.870. The highest BCUT2D eigenvalue weighted by Crippen LogP contribution is 2.20. The van der Waals surface area contributed by atoms with Crippen molar-refractivity contribution in [2.75, 3.05) is 18.1 Å². The molecule has 0 spiro atoms. The zero-order valence-electron chi connectivity index (χ0n) is 12.9. The van der Waals surface area contributed by atoms with Crippen LogP contribution in [-0.4, -0.2) is 26.5 Å². The van der Waals surface area contributed by atoms with E-state index in [0.29, 0.717) is 12.2 Å². The van der Waals surface area contributed by atoms with E-state index in [1.807, 2.05) is 0 Å². The summed E-state index contributed by atoms with van der Waals surface area (Å²) in [6, 6.07) is 8.70. The molecule has 0 aliphatic carbocycles. The molecule has 0 heterocycles. The van der Waals surface area contributed by atoms with Crippen LogP contribution in [0.25, 0.3) is 0 Å². The van der Waals surface area contributed by atoms with Crippen LogP contribution in [0.5, 0.6) is 0 Å². The van der Waals surface area contributed by atoms with Crippen LogP contribution in [0, 0.1) is 6.92 Å². The summed E-state index contributed by atoms with van der Waals surface area (Å²) in [6.45, 7) is 6.89. The third-order valence-corrected chi connectivity index (χ3v) is 5.26. The van der Waals surface area contributed by atoms with Gasteiger partial charge >= 0.3 is 0 Å². The Balaban J connectivity index is 2.65. The summed E-state index contributed by atoms with van der Waals surface area (Å²) in [5.74, 6) is 0.532. The lowest BCUT2D eigenvalue weighted by atomic mass is 10.0. The van der Waals surface area contributed by atoms with Gasteiger partial charge in [0.05, 0.1) is 5.75 Å². The summed E-state index contributed by atoms with van der Waals surface area (Å²) in [4.78, 5) is 0. The highest BCUT2D eigenvalue weighted by atomic mass is 32.2. The van der Waals surface area contributed by atoms with E-state index in [9.17, 15) is 8.42 Å². The molecule has 0 radical (unpaired) electrons. The summed E-state index contributed by atoms with van der Waals surface area (Å²) < 4.78 is 23.1. The van der Waals surface area contributed by atoms with Gasteiger partial charge in [0.2, 0.25) is 0 Å². The van der Waals surface area contributed by atoms with Gasteiger partial charge in [-0.3, -0.25) is 0 Å². The molecule has 0 amide bonds. The first kappa shape index (κ1) is 17.2. The van der Waals surface area contributed by atoms with E-state index < -0.39 is 9.84 Å². The van der Waals surface area contributed by atoms with Gasteiger partial charge in [-0.15, -0.1) is 0 Å². The zero-order valence-corrected chi connectivity index (χ0v) is 13.7. The number of aryl methyl sites for hydroxylation is 1. The van der Waals surface area contributed by atoms with Crippen LogP contribution in [0.4, 0.5) is 0 Å². The van der Waals surface area contributed by atoms with Crippen LogP contribution in [0.3, 0.4) is 0 Å². The quantitative estimate of drug-likeness (QED) is 0.761. The van der Waals surface area contributed by atoms with Gasteiger partial charge in [0.15, 0.2) is 0 Å². The molecule has 3 nitrogen and oxygen atoms in total. The van der Waals surface area contributed by atoms with E-state index in [0.717, 1.165) is 19.4 Å². The number of hydrogen-bond donors (Lipinski definition) is 1. The van der Waals surface area contributed by atoms with Crippen LogP contribution in [-0.2, 0) is 9.84 Å². The van der Waals surface area contributed by atoms with Crippen molar-refractivity contribution >= 4 is 9.84 Å². The summed E-state index contributed by atoms with van der Waals surface area (Å²) in [5, 5.41) is 3.52. The fourth-order valence-corrected chi connectivity index (χ4v) is 3.14. The first-order valence-corrected chi connectivity index (χ1v) is 9.31. The van der Waals surface area contributed by atoms with Gasteiger partial charge in [-0.2, -0.15) is 0 Å². The van der Waals surface area contributed by atoms with Gasteiger partial charge in [0.25, 0.3) is 0 Å². The van der Waals surface area contributed by atoms with Gasteiger partial charge in [0.1, 0.15) is 9.84 Å². The maximum absolute atomic E-state index is 11.6. The molecule has 20 heavy (non-hydrogen) atoms. The normalized spacial score (nSPS) is 13.3. The average Bonchev–Trinajstić information content (AvgIpc) is 2.42. The minimum atomic E-state index is -2.85. The first-order valence-electron chi connectivity index (χ1n) is 7.49. The fourth-order valence-electron chi connectivity index (χ4n) is 2.24. The molecule has 0 aliphatic heterocycles. The fraction of sp³-hybridized carbons (Fsp3) is 0.625. The zero-order chi connectivity index (χ0) is 15.0. The second kappa shape index (κ2) is 8.42. The van der Waals surface area contributed by atoms with Gasteiger partial charge in [0, 0.05) is 11.8 Å². The van der Waals surface area contributed by atoms with E-state index in [1.165, 1.54) is 11.1 Å². The van der Waals surface area contributed by atoms with E-state index in [1.54, 1.807) is 6.92 Å². The lowest BCUT2D eigenvalue weighted by molar-refractivity contribution is 0.492. The van der Waals surface area contributed by atoms with Crippen LogP contribution >= 0.6 is 0 Å². The van der Waals surface area contributed by atoms with Crippen molar-refractivity contribution < 1.29 is 8.42 Å². The molecule has 114 valence electrons. The number of benzene rings is 1. The molecule has 4 heteroatoms. The Labute approximate surface area is 123 Å². The van der Waals surface area contributed by atoms with Crippen LogP contribution < -0.4 is 5.32 Å². The van der Waals surface area contributed by atoms with Crippen molar-refractivity contribution in [2.24, 2.45) is 0 Å². The van der Waals surface area contributed by atoms with Crippen molar-refractivity contribution in [2.45, 2.75) is 46.1 Å². The van der Waals surface area contributed by atoms with Gasteiger partial charge in [-0.25, -0.2) is 8.42 Å². The molecule has 1 N–H and O–H groups in total. The van der Waals surface area contributed by atoms with E-state index in [-0.39, 0.29) is 11.8 Å². The average molecular weight is 297 g/mol. The molecule has 1 aromatic carbocycles. The first-order chi connectivity index (χ1) is 9.48. The summed E-state index contributed by atoms with van der Waals surface area (Å²) in [6.07, 6.45) is 2.66. The molecule has 0 aliphatic rings. The highest BCUT2D eigenvalue weighted by molar-refractivity contribution is 7.91. The number of rotatable bonds is 9. The minimum Gasteiger partial charge on any atom is -0.310 e. The minimum absolute atomic E-state index is 0.241. The van der Waals surface area contributed by atoms with Crippen molar-refractivity contribution in [1.29, 1.82) is 0 Å². The summed E-state index contributed by atoms with van der Waals surface area (Å²) >= 11 is 0. The molecule has 1 aromatic rings. The molecule has 1 unspecified atom stereocenters. The molecule has 0 bridgehead atoms. The third-order valence-electron chi connectivity index (χ3n) is 3.47. The van der Waals surface area contributed by atoms with Crippen LogP contribution in [0.2, 0.25) is 0 Å². The Kier molecular flexibility index (Phi) is 7.24. The van der Waals surface area contributed by atoms with Crippen molar-refractivity contribution in [1.82, 2.24) is 5.32 Å². The van der Waals surface area contributed by atoms with E-state index >= 15 is 0 Å². The monoisotopic (exact) mass is 297 g/mol. The molecule has 0 fully saturated rings. The SMILES string of the molecule is CCCNC(CCCS(=O)(=O)CC)c1cccc(C)c1. The molecule has 0 saturated carbocycles. The lowest BCUT2D eigenvalue weighted by Crippen LogP contribution is -2.23. The number of hydrogen-bond acceptors (Lipinski definition) is 3. The van der Waals surface area contributed by atoms with Gasteiger partial charge in [-0.1, -0.05) is 43.7 Å². The van der Waals surface area contributed by atoms with E-state index in [4.69, 9.17) is 0 Å². The predicted molar refractivity (Wildman–Crippen MR) is 85.8 cm³/mol. The topological polar surface area (TPSA) is 46.2 Å². The second-order valence-corrected chi connectivity index (χ2v) is 7.77. The highest BCUT2D eigenvalue weighted by Gasteiger charge is 2.13. The molecular weight excluding hydrogens is 270 g/mol. The predicted octanol–water partition coefficient (Wildman–Crippen LogP) is 3.25. The Morgan fingerprint density at radius 3 is 2.60 bits per heavy atom. The second-order valence-electron chi connectivity index (χ2n) is 5.30.